The van der Waals surface area contributed by atoms with E-state index in [4.69, 9.17) is 5.14 Å². The maximum Gasteiger partial charge on any atom is 0.230 e. The van der Waals surface area contributed by atoms with Crippen LogP contribution in [0.5, 0.6) is 0 Å². The van der Waals surface area contributed by atoms with Crippen molar-refractivity contribution in [3.63, 3.8) is 0 Å². The lowest BCUT2D eigenvalue weighted by Gasteiger charge is -2.11. The number of hydrogen-bond donors (Lipinski definition) is 1. The zero-order chi connectivity index (χ0) is 13.5. The Balaban J connectivity index is 2.22. The van der Waals surface area contributed by atoms with Crippen LogP contribution in [0.3, 0.4) is 0 Å². The van der Waals surface area contributed by atoms with Gasteiger partial charge < -0.3 is 0 Å². The van der Waals surface area contributed by atoms with E-state index in [1.807, 2.05) is 13.8 Å². The Kier molecular flexibility index (Phi) is 3.39. The molecule has 9 heteroatoms. The number of amides is 1. The lowest BCUT2D eigenvalue weighted by atomic mass is 10.2. The topological polar surface area (TPSA) is 106 Å². The molecule has 0 bridgehead atoms. The van der Waals surface area contributed by atoms with Crippen molar-refractivity contribution in [2.24, 2.45) is 5.14 Å². The van der Waals surface area contributed by atoms with Crippen molar-refractivity contribution in [1.82, 2.24) is 9.36 Å². The molecule has 1 aromatic rings. The van der Waals surface area contributed by atoms with Crippen LogP contribution in [-0.2, 0) is 14.8 Å². The highest BCUT2D eigenvalue weighted by molar-refractivity contribution is 7.89. The standard InChI is InChI=1S/C9H14N4O3S2/c1-5(2)8-11-9(17-12-8)13-4-6(3-7(13)14)18(10,15)16/h5-6H,3-4H2,1-2H3,(H2,10,15,16). The summed E-state index contributed by atoms with van der Waals surface area (Å²) >= 11 is 1.10. The van der Waals surface area contributed by atoms with Gasteiger partial charge in [-0.15, -0.1) is 0 Å². The first kappa shape index (κ1) is 13.4. The predicted molar refractivity (Wildman–Crippen MR) is 67.9 cm³/mol. The third kappa shape index (κ3) is 2.52. The van der Waals surface area contributed by atoms with E-state index >= 15 is 0 Å². The lowest BCUT2D eigenvalue weighted by Crippen LogP contribution is -2.32. The first-order chi connectivity index (χ1) is 8.29. The van der Waals surface area contributed by atoms with E-state index in [1.54, 1.807) is 0 Å². The quantitative estimate of drug-likeness (QED) is 0.847. The summed E-state index contributed by atoms with van der Waals surface area (Å²) in [4.78, 5) is 17.3. The van der Waals surface area contributed by atoms with Crippen LogP contribution in [0.4, 0.5) is 5.13 Å². The minimum Gasteiger partial charge on any atom is -0.285 e. The third-order valence-corrected chi connectivity index (χ3v) is 4.73. The Bertz CT molecular complexity index is 566. The molecular weight excluding hydrogens is 276 g/mol. The van der Waals surface area contributed by atoms with Gasteiger partial charge in [-0.05, 0) is 0 Å². The van der Waals surface area contributed by atoms with Crippen LogP contribution in [0.25, 0.3) is 0 Å². The van der Waals surface area contributed by atoms with E-state index in [-0.39, 0.29) is 24.8 Å². The summed E-state index contributed by atoms with van der Waals surface area (Å²) < 4.78 is 26.6. The fourth-order valence-corrected chi connectivity index (χ4v) is 3.22. The van der Waals surface area contributed by atoms with Crippen LogP contribution in [0, 0.1) is 0 Å². The summed E-state index contributed by atoms with van der Waals surface area (Å²) in [6, 6.07) is 0. The fourth-order valence-electron chi connectivity index (χ4n) is 1.65. The van der Waals surface area contributed by atoms with E-state index in [0.717, 1.165) is 11.5 Å². The molecule has 0 spiro atoms. The fraction of sp³-hybridized carbons (Fsp3) is 0.667. The maximum atomic E-state index is 11.8. The van der Waals surface area contributed by atoms with E-state index < -0.39 is 15.3 Å². The van der Waals surface area contributed by atoms with Gasteiger partial charge in [-0.3, -0.25) is 9.69 Å². The molecule has 2 rings (SSSR count). The van der Waals surface area contributed by atoms with Gasteiger partial charge >= 0.3 is 0 Å². The van der Waals surface area contributed by atoms with Gasteiger partial charge in [0.15, 0.2) is 0 Å². The number of carbonyl (C=O) groups is 1. The van der Waals surface area contributed by atoms with Gasteiger partial charge in [-0.25, -0.2) is 18.5 Å². The number of anilines is 1. The first-order valence-electron chi connectivity index (χ1n) is 5.44. The van der Waals surface area contributed by atoms with Crippen molar-refractivity contribution < 1.29 is 13.2 Å². The van der Waals surface area contributed by atoms with Crippen molar-refractivity contribution in [3.05, 3.63) is 5.82 Å². The van der Waals surface area contributed by atoms with Gasteiger partial charge in [-0.2, -0.15) is 4.37 Å². The number of rotatable bonds is 3. The van der Waals surface area contributed by atoms with Gasteiger partial charge in [0, 0.05) is 30.4 Å². The number of hydrogen-bond acceptors (Lipinski definition) is 6. The SMILES string of the molecule is CC(C)c1nsc(N2CC(S(N)(=O)=O)CC2=O)n1. The second kappa shape index (κ2) is 4.56. The molecule has 0 radical (unpaired) electrons. The van der Waals surface area contributed by atoms with Gasteiger partial charge in [0.2, 0.25) is 21.1 Å². The Morgan fingerprint density at radius 2 is 2.17 bits per heavy atom. The molecule has 1 unspecified atom stereocenters. The van der Waals surface area contributed by atoms with Gasteiger partial charge in [0.1, 0.15) is 11.1 Å². The van der Waals surface area contributed by atoms with E-state index in [9.17, 15) is 13.2 Å². The number of primary sulfonamides is 1. The Morgan fingerprint density at radius 1 is 1.50 bits per heavy atom. The molecule has 1 saturated heterocycles. The van der Waals surface area contributed by atoms with Gasteiger partial charge in [-0.1, -0.05) is 13.8 Å². The zero-order valence-electron chi connectivity index (χ0n) is 10.0. The van der Waals surface area contributed by atoms with E-state index in [1.165, 1.54) is 4.90 Å². The van der Waals surface area contributed by atoms with Crippen molar-refractivity contribution in [1.29, 1.82) is 0 Å². The van der Waals surface area contributed by atoms with Crippen molar-refractivity contribution in [3.8, 4) is 0 Å². The maximum absolute atomic E-state index is 11.8. The Hall–Kier alpha value is -1.06. The Morgan fingerprint density at radius 3 is 2.61 bits per heavy atom. The second-order valence-corrected chi connectivity index (χ2v) is 7.08. The van der Waals surface area contributed by atoms with Crippen LogP contribution >= 0.6 is 11.5 Å². The molecule has 0 aromatic carbocycles. The molecule has 1 amide bonds. The highest BCUT2D eigenvalue weighted by atomic mass is 32.2. The number of nitrogens with two attached hydrogens (primary N) is 1. The van der Waals surface area contributed by atoms with Crippen LogP contribution in [0.2, 0.25) is 0 Å². The third-order valence-electron chi connectivity index (χ3n) is 2.73. The van der Waals surface area contributed by atoms with E-state index in [0.29, 0.717) is 11.0 Å². The Labute approximate surface area is 109 Å². The van der Waals surface area contributed by atoms with Crippen LogP contribution < -0.4 is 10.0 Å². The molecule has 1 aromatic heterocycles. The van der Waals surface area contributed by atoms with Crippen molar-refractivity contribution in [2.45, 2.75) is 31.4 Å². The van der Waals surface area contributed by atoms with Crippen molar-refractivity contribution >= 4 is 32.6 Å². The molecule has 1 fully saturated rings. The molecule has 0 saturated carbocycles. The smallest absolute Gasteiger partial charge is 0.230 e. The van der Waals surface area contributed by atoms with Crippen molar-refractivity contribution in [2.75, 3.05) is 11.4 Å². The number of sulfonamides is 1. The summed E-state index contributed by atoms with van der Waals surface area (Å²) in [6.07, 6.45) is -0.0879. The summed E-state index contributed by atoms with van der Waals surface area (Å²) in [5.74, 6) is 0.545. The average Bonchev–Trinajstić information content (AvgIpc) is 2.81. The minimum absolute atomic E-state index is 0.0599. The van der Waals surface area contributed by atoms with Crippen LogP contribution in [-0.4, -0.2) is 35.5 Å². The molecule has 1 aliphatic heterocycles. The molecule has 18 heavy (non-hydrogen) atoms. The first-order valence-corrected chi connectivity index (χ1v) is 7.83. The molecule has 2 heterocycles. The molecular formula is C9H14N4O3S2. The number of aromatic nitrogens is 2. The number of nitrogens with zero attached hydrogens (tertiary/aromatic N) is 3. The average molecular weight is 290 g/mol. The monoisotopic (exact) mass is 290 g/mol. The molecule has 0 aliphatic carbocycles. The van der Waals surface area contributed by atoms with Gasteiger partial charge in [0.05, 0.1) is 0 Å². The van der Waals surface area contributed by atoms with E-state index in [2.05, 4.69) is 9.36 Å². The summed E-state index contributed by atoms with van der Waals surface area (Å²) in [5.41, 5.74) is 0. The number of carbonyl (C=O) groups excluding carboxylic acids is 1. The largest absolute Gasteiger partial charge is 0.285 e. The summed E-state index contributed by atoms with van der Waals surface area (Å²) in [7, 11) is -3.69. The molecule has 1 aliphatic rings. The highest BCUT2D eigenvalue weighted by Gasteiger charge is 2.38. The molecule has 7 nitrogen and oxygen atoms in total. The molecule has 1 atom stereocenters. The molecule has 2 N–H and O–H groups in total. The normalized spacial score (nSPS) is 21.0. The zero-order valence-corrected chi connectivity index (χ0v) is 11.7. The summed E-state index contributed by atoms with van der Waals surface area (Å²) in [6.45, 7) is 3.96. The highest BCUT2D eigenvalue weighted by Crippen LogP contribution is 2.27. The van der Waals surface area contributed by atoms with Crippen LogP contribution in [0.15, 0.2) is 0 Å². The van der Waals surface area contributed by atoms with Crippen LogP contribution in [0.1, 0.15) is 32.0 Å². The molecule has 100 valence electrons. The predicted octanol–water partition coefficient (Wildman–Crippen LogP) is 0.0553. The second-order valence-electron chi connectivity index (χ2n) is 4.51. The summed E-state index contributed by atoms with van der Waals surface area (Å²) in [5, 5.41) is 4.65. The van der Waals surface area contributed by atoms with Gasteiger partial charge in [0.25, 0.3) is 0 Å². The minimum atomic E-state index is -3.69. The lowest BCUT2D eigenvalue weighted by molar-refractivity contribution is -0.117.